The maximum Gasteiger partial charge on any atom is 0.236 e. The van der Waals surface area contributed by atoms with Gasteiger partial charge in [-0.1, -0.05) is 290 Å². The molecule has 0 spiro atoms. The normalized spacial score (nSPS) is 11.4. The molecule has 0 radical (unpaired) electrons. The SMILES string of the molecule is CCCCCCCCCCCCCCCCCC(=O)N(C(=O)CCCCCCCCCCCCCCCCC)C(=O)CCCCCCCCCCCCCCCCC. The molecular formula is C54H105NO3. The van der Waals surface area contributed by atoms with Gasteiger partial charge in [-0.2, -0.15) is 0 Å². The number of hydrogen-bond donors (Lipinski definition) is 0. The summed E-state index contributed by atoms with van der Waals surface area (Å²) < 4.78 is 0. The smallest absolute Gasteiger partial charge is 0.236 e. The van der Waals surface area contributed by atoms with Crippen LogP contribution in [0.15, 0.2) is 0 Å². The predicted octanol–water partition coefficient (Wildman–Crippen LogP) is 18.7. The number of imide groups is 3. The van der Waals surface area contributed by atoms with Gasteiger partial charge in [-0.3, -0.25) is 14.4 Å². The van der Waals surface area contributed by atoms with Gasteiger partial charge in [0.15, 0.2) is 0 Å². The first-order valence-corrected chi connectivity index (χ1v) is 27.0. The standard InChI is InChI=1S/C54H105NO3/c1-4-7-10-13-16-19-22-25-28-31-34-37-40-43-46-49-52(56)55(53(57)50-47-44-41-38-35-32-29-26-23-20-17-14-11-8-5-2)54(58)51-48-45-42-39-36-33-30-27-24-21-18-15-12-9-6-3/h4-51H2,1-3H3. The summed E-state index contributed by atoms with van der Waals surface area (Å²) >= 11 is 0. The number of carbonyl (C=O) groups is 3. The first kappa shape index (κ1) is 56.8. The third-order valence-corrected chi connectivity index (χ3v) is 12.7. The molecule has 0 fully saturated rings. The molecule has 0 aromatic heterocycles. The van der Waals surface area contributed by atoms with Crippen molar-refractivity contribution in [2.75, 3.05) is 0 Å². The Morgan fingerprint density at radius 2 is 0.328 bits per heavy atom. The number of unbranched alkanes of at least 4 members (excludes halogenated alkanes) is 42. The van der Waals surface area contributed by atoms with Crippen molar-refractivity contribution in [3.8, 4) is 0 Å². The van der Waals surface area contributed by atoms with Gasteiger partial charge in [0, 0.05) is 19.3 Å². The highest BCUT2D eigenvalue weighted by atomic mass is 16.2. The summed E-state index contributed by atoms with van der Waals surface area (Å²) in [5, 5.41) is 0. The Kier molecular flexibility index (Phi) is 47.5. The lowest BCUT2D eigenvalue weighted by atomic mass is 10.0. The first-order valence-electron chi connectivity index (χ1n) is 27.0. The molecule has 344 valence electrons. The first-order chi connectivity index (χ1) is 28.6. The number of amides is 3. The van der Waals surface area contributed by atoms with Gasteiger partial charge in [0.1, 0.15) is 0 Å². The van der Waals surface area contributed by atoms with Gasteiger partial charge in [0.2, 0.25) is 17.7 Å². The molecule has 4 nitrogen and oxygen atoms in total. The average molecular weight is 816 g/mol. The minimum atomic E-state index is -0.244. The summed E-state index contributed by atoms with van der Waals surface area (Å²) in [4.78, 5) is 41.2. The Hall–Kier alpha value is -1.19. The summed E-state index contributed by atoms with van der Waals surface area (Å²) in [7, 11) is 0. The molecule has 4 heteroatoms. The monoisotopic (exact) mass is 816 g/mol. The van der Waals surface area contributed by atoms with Gasteiger partial charge < -0.3 is 0 Å². The van der Waals surface area contributed by atoms with E-state index < -0.39 is 0 Å². The highest BCUT2D eigenvalue weighted by Crippen LogP contribution is 2.19. The second-order valence-corrected chi connectivity index (χ2v) is 18.6. The van der Waals surface area contributed by atoms with Crippen molar-refractivity contribution in [2.45, 2.75) is 329 Å². The fourth-order valence-electron chi connectivity index (χ4n) is 8.70. The Morgan fingerprint density at radius 1 is 0.207 bits per heavy atom. The number of rotatable bonds is 48. The Labute approximate surface area is 364 Å². The Morgan fingerprint density at radius 3 is 0.466 bits per heavy atom. The maximum absolute atomic E-state index is 13.4. The van der Waals surface area contributed by atoms with E-state index in [1.165, 1.54) is 231 Å². The van der Waals surface area contributed by atoms with E-state index >= 15 is 0 Å². The van der Waals surface area contributed by atoms with Crippen LogP contribution >= 0.6 is 0 Å². The number of carbonyl (C=O) groups excluding carboxylic acids is 3. The molecule has 0 bridgehead atoms. The second-order valence-electron chi connectivity index (χ2n) is 18.6. The summed E-state index contributed by atoms with van der Waals surface area (Å²) in [6, 6.07) is 0. The van der Waals surface area contributed by atoms with Crippen molar-refractivity contribution in [2.24, 2.45) is 0 Å². The zero-order valence-electron chi connectivity index (χ0n) is 40.1. The van der Waals surface area contributed by atoms with E-state index in [2.05, 4.69) is 20.8 Å². The van der Waals surface area contributed by atoms with Crippen LogP contribution in [0.5, 0.6) is 0 Å². The minimum absolute atomic E-state index is 0.244. The van der Waals surface area contributed by atoms with Gasteiger partial charge in [0.25, 0.3) is 0 Å². The van der Waals surface area contributed by atoms with Crippen molar-refractivity contribution in [3.63, 3.8) is 0 Å². The van der Waals surface area contributed by atoms with Crippen LogP contribution in [0, 0.1) is 0 Å². The predicted molar refractivity (Wildman–Crippen MR) is 255 cm³/mol. The largest absolute Gasteiger partial charge is 0.274 e. The van der Waals surface area contributed by atoms with Crippen molar-refractivity contribution >= 4 is 17.7 Å². The van der Waals surface area contributed by atoms with Gasteiger partial charge in [-0.25, -0.2) is 4.90 Å². The van der Waals surface area contributed by atoms with Crippen LogP contribution in [0.25, 0.3) is 0 Å². The fourth-order valence-corrected chi connectivity index (χ4v) is 8.70. The second kappa shape index (κ2) is 48.5. The average Bonchev–Trinajstić information content (AvgIpc) is 3.22. The zero-order chi connectivity index (χ0) is 42.3. The van der Waals surface area contributed by atoms with E-state index in [1.807, 2.05) is 0 Å². The van der Waals surface area contributed by atoms with Crippen molar-refractivity contribution < 1.29 is 14.4 Å². The van der Waals surface area contributed by atoms with Crippen molar-refractivity contribution in [1.29, 1.82) is 0 Å². The molecule has 0 aliphatic heterocycles. The highest BCUT2D eigenvalue weighted by Gasteiger charge is 2.27. The van der Waals surface area contributed by atoms with Gasteiger partial charge in [0.05, 0.1) is 0 Å². The minimum Gasteiger partial charge on any atom is -0.274 e. The topological polar surface area (TPSA) is 54.5 Å². The van der Waals surface area contributed by atoms with Crippen LogP contribution < -0.4 is 0 Å². The molecule has 0 aromatic rings. The van der Waals surface area contributed by atoms with E-state index in [0.717, 1.165) is 62.7 Å². The molecule has 0 saturated carbocycles. The van der Waals surface area contributed by atoms with Crippen LogP contribution in [0.3, 0.4) is 0 Å². The van der Waals surface area contributed by atoms with Crippen LogP contribution in [0.1, 0.15) is 329 Å². The zero-order valence-corrected chi connectivity index (χ0v) is 40.1. The van der Waals surface area contributed by atoms with E-state index in [1.54, 1.807) is 0 Å². The van der Waals surface area contributed by atoms with Crippen LogP contribution in [0.2, 0.25) is 0 Å². The van der Waals surface area contributed by atoms with E-state index in [4.69, 9.17) is 0 Å². The summed E-state index contributed by atoms with van der Waals surface area (Å²) in [6.45, 7) is 6.84. The van der Waals surface area contributed by atoms with Gasteiger partial charge in [-0.15, -0.1) is 0 Å². The Bertz CT molecular complexity index is 746. The lowest BCUT2D eigenvalue weighted by Crippen LogP contribution is -2.41. The molecule has 0 aliphatic carbocycles. The molecule has 0 unspecified atom stereocenters. The highest BCUT2D eigenvalue weighted by molar-refractivity contribution is 6.10. The third kappa shape index (κ3) is 41.5. The van der Waals surface area contributed by atoms with Crippen LogP contribution in [-0.2, 0) is 14.4 Å². The molecular weight excluding hydrogens is 711 g/mol. The molecule has 0 saturated heterocycles. The number of nitrogens with zero attached hydrogens (tertiary/aromatic N) is 1. The van der Waals surface area contributed by atoms with E-state index in [9.17, 15) is 14.4 Å². The summed E-state index contributed by atoms with van der Waals surface area (Å²) in [5.41, 5.74) is 0. The summed E-state index contributed by atoms with van der Waals surface area (Å²) in [5.74, 6) is -0.732. The molecule has 0 atom stereocenters. The molecule has 0 heterocycles. The van der Waals surface area contributed by atoms with E-state index in [0.29, 0.717) is 19.3 Å². The summed E-state index contributed by atoms with van der Waals surface area (Å²) in [6.07, 6.45) is 58.7. The Balaban J connectivity index is 4.34. The van der Waals surface area contributed by atoms with Gasteiger partial charge >= 0.3 is 0 Å². The lowest BCUT2D eigenvalue weighted by Gasteiger charge is -2.19. The maximum atomic E-state index is 13.4. The fraction of sp³-hybridized carbons (Fsp3) is 0.944. The van der Waals surface area contributed by atoms with Gasteiger partial charge in [-0.05, 0) is 19.3 Å². The van der Waals surface area contributed by atoms with E-state index in [-0.39, 0.29) is 17.7 Å². The molecule has 0 rings (SSSR count). The third-order valence-electron chi connectivity index (χ3n) is 12.7. The lowest BCUT2D eigenvalue weighted by molar-refractivity contribution is -0.154. The van der Waals surface area contributed by atoms with Crippen LogP contribution in [-0.4, -0.2) is 22.6 Å². The van der Waals surface area contributed by atoms with Crippen LogP contribution in [0.4, 0.5) is 0 Å². The van der Waals surface area contributed by atoms with Crippen molar-refractivity contribution in [1.82, 2.24) is 4.90 Å². The molecule has 3 amide bonds. The molecule has 58 heavy (non-hydrogen) atoms. The quantitative estimate of drug-likeness (QED) is 0.0575. The molecule has 0 aliphatic rings. The molecule has 0 aromatic carbocycles. The molecule has 0 N–H and O–H groups in total. The van der Waals surface area contributed by atoms with Crippen molar-refractivity contribution in [3.05, 3.63) is 0 Å². The number of hydrogen-bond acceptors (Lipinski definition) is 3.